The van der Waals surface area contributed by atoms with E-state index in [0.717, 1.165) is 24.1 Å². The molecule has 1 aliphatic rings. The Hall–Kier alpha value is -2.46. The van der Waals surface area contributed by atoms with Crippen molar-refractivity contribution in [3.63, 3.8) is 0 Å². The monoisotopic (exact) mass is 423 g/mol. The van der Waals surface area contributed by atoms with Gasteiger partial charge in [0.05, 0.1) is 11.5 Å². The van der Waals surface area contributed by atoms with Crippen molar-refractivity contribution in [2.75, 3.05) is 49.5 Å². The third-order valence-corrected chi connectivity index (χ3v) is 6.46. The van der Waals surface area contributed by atoms with Crippen LogP contribution in [0.2, 0.25) is 0 Å². The summed E-state index contributed by atoms with van der Waals surface area (Å²) in [5.41, 5.74) is 0.839. The fourth-order valence-electron chi connectivity index (χ4n) is 3.16. The second-order valence-electron chi connectivity index (χ2n) is 6.64. The number of ether oxygens (including phenoxy) is 1. The second kappa shape index (κ2) is 8.91. The minimum Gasteiger partial charge on any atom is -0.491 e. The fourth-order valence-corrected chi connectivity index (χ4v) is 4.59. The molecule has 2 aromatic rings. The zero-order valence-corrected chi connectivity index (χ0v) is 17.7. The van der Waals surface area contributed by atoms with Crippen molar-refractivity contribution >= 4 is 21.8 Å². The maximum atomic E-state index is 14.1. The number of nitrogens with one attached hydrogen (secondary N) is 1. The summed E-state index contributed by atoms with van der Waals surface area (Å²) >= 11 is 0. The van der Waals surface area contributed by atoms with E-state index in [2.05, 4.69) is 15.3 Å². The Labute approximate surface area is 170 Å². The van der Waals surface area contributed by atoms with Crippen LogP contribution in [0.25, 0.3) is 0 Å². The number of nitrogens with zero attached hydrogens (tertiary/aromatic N) is 4. The van der Waals surface area contributed by atoms with Crippen LogP contribution in [0.4, 0.5) is 16.2 Å². The van der Waals surface area contributed by atoms with E-state index in [0.29, 0.717) is 25.6 Å². The SMILES string of the molecule is CCNc1cc(C)nc(N2CCN(S(=O)(=O)c3ccc(OCC)c(F)c3)CC2)n1. The van der Waals surface area contributed by atoms with Gasteiger partial charge in [0, 0.05) is 44.5 Å². The zero-order valence-electron chi connectivity index (χ0n) is 16.9. The van der Waals surface area contributed by atoms with Crippen molar-refractivity contribution in [2.45, 2.75) is 25.7 Å². The van der Waals surface area contributed by atoms with E-state index >= 15 is 0 Å². The molecule has 2 heterocycles. The summed E-state index contributed by atoms with van der Waals surface area (Å²) < 4.78 is 46.4. The van der Waals surface area contributed by atoms with Crippen molar-refractivity contribution in [3.05, 3.63) is 35.8 Å². The summed E-state index contributed by atoms with van der Waals surface area (Å²) in [7, 11) is -3.79. The van der Waals surface area contributed by atoms with Gasteiger partial charge in [-0.25, -0.2) is 17.8 Å². The van der Waals surface area contributed by atoms with Gasteiger partial charge >= 0.3 is 0 Å². The molecule has 0 saturated carbocycles. The number of anilines is 2. The van der Waals surface area contributed by atoms with Crippen LogP contribution in [-0.2, 0) is 10.0 Å². The predicted molar refractivity (Wildman–Crippen MR) is 109 cm³/mol. The number of hydrogen-bond acceptors (Lipinski definition) is 7. The van der Waals surface area contributed by atoms with Crippen molar-refractivity contribution in [1.82, 2.24) is 14.3 Å². The van der Waals surface area contributed by atoms with Gasteiger partial charge < -0.3 is 15.0 Å². The lowest BCUT2D eigenvalue weighted by Crippen LogP contribution is -2.49. The first-order valence-electron chi connectivity index (χ1n) is 9.62. The normalized spacial score (nSPS) is 15.4. The smallest absolute Gasteiger partial charge is 0.243 e. The molecule has 0 amide bonds. The average molecular weight is 424 g/mol. The molecule has 0 aliphatic carbocycles. The van der Waals surface area contributed by atoms with Gasteiger partial charge in [-0.3, -0.25) is 0 Å². The Kier molecular flexibility index (Phi) is 6.53. The summed E-state index contributed by atoms with van der Waals surface area (Å²) in [5, 5.41) is 3.17. The fraction of sp³-hybridized carbons (Fsp3) is 0.474. The van der Waals surface area contributed by atoms with Crippen molar-refractivity contribution in [2.24, 2.45) is 0 Å². The van der Waals surface area contributed by atoms with Crippen LogP contribution in [0.1, 0.15) is 19.5 Å². The molecular formula is C19H26FN5O3S. The van der Waals surface area contributed by atoms with Gasteiger partial charge in [-0.15, -0.1) is 0 Å². The molecule has 0 spiro atoms. The lowest BCUT2D eigenvalue weighted by Gasteiger charge is -2.34. The Morgan fingerprint density at radius 1 is 1.14 bits per heavy atom. The van der Waals surface area contributed by atoms with Gasteiger partial charge in [0.1, 0.15) is 5.82 Å². The molecule has 0 radical (unpaired) electrons. The average Bonchev–Trinajstić information content (AvgIpc) is 2.69. The van der Waals surface area contributed by atoms with Crippen LogP contribution >= 0.6 is 0 Å². The van der Waals surface area contributed by atoms with Crippen molar-refractivity contribution in [1.29, 1.82) is 0 Å². The summed E-state index contributed by atoms with van der Waals surface area (Å²) in [5.74, 6) is 0.681. The van der Waals surface area contributed by atoms with E-state index in [1.54, 1.807) is 6.92 Å². The molecule has 1 aliphatic heterocycles. The van der Waals surface area contributed by atoms with E-state index in [4.69, 9.17) is 4.74 Å². The predicted octanol–water partition coefficient (Wildman–Crippen LogP) is 2.27. The molecule has 1 aromatic carbocycles. The van der Waals surface area contributed by atoms with Crippen LogP contribution in [0.15, 0.2) is 29.2 Å². The van der Waals surface area contributed by atoms with E-state index in [-0.39, 0.29) is 23.7 Å². The topological polar surface area (TPSA) is 87.7 Å². The molecule has 1 saturated heterocycles. The van der Waals surface area contributed by atoms with E-state index in [9.17, 15) is 12.8 Å². The van der Waals surface area contributed by atoms with Crippen LogP contribution in [0, 0.1) is 12.7 Å². The van der Waals surface area contributed by atoms with Gasteiger partial charge in [-0.05, 0) is 39.0 Å². The first kappa shape index (κ1) is 21.3. The number of aryl methyl sites for hydroxylation is 1. The largest absolute Gasteiger partial charge is 0.491 e. The second-order valence-corrected chi connectivity index (χ2v) is 8.58. The van der Waals surface area contributed by atoms with E-state index in [1.165, 1.54) is 16.4 Å². The van der Waals surface area contributed by atoms with Gasteiger partial charge in [0.25, 0.3) is 0 Å². The van der Waals surface area contributed by atoms with Crippen LogP contribution in [0.3, 0.4) is 0 Å². The number of benzene rings is 1. The highest BCUT2D eigenvalue weighted by Gasteiger charge is 2.30. The molecule has 8 nitrogen and oxygen atoms in total. The highest BCUT2D eigenvalue weighted by molar-refractivity contribution is 7.89. The highest BCUT2D eigenvalue weighted by Crippen LogP contribution is 2.25. The third kappa shape index (κ3) is 4.76. The molecular weight excluding hydrogens is 397 g/mol. The highest BCUT2D eigenvalue weighted by atomic mass is 32.2. The molecule has 0 bridgehead atoms. The maximum absolute atomic E-state index is 14.1. The quantitative estimate of drug-likeness (QED) is 0.731. The summed E-state index contributed by atoms with van der Waals surface area (Å²) in [6.45, 7) is 8.13. The number of rotatable bonds is 7. The van der Waals surface area contributed by atoms with Crippen LogP contribution < -0.4 is 15.0 Å². The maximum Gasteiger partial charge on any atom is 0.243 e. The Morgan fingerprint density at radius 2 is 1.86 bits per heavy atom. The molecule has 158 valence electrons. The number of halogens is 1. The standard InChI is InChI=1S/C19H26FN5O3S/c1-4-21-18-12-14(3)22-19(23-18)24-8-10-25(11-9-24)29(26,27)15-6-7-17(28-5-2)16(20)13-15/h6-7,12-13H,4-5,8-11H2,1-3H3,(H,21,22,23). The molecule has 10 heteroatoms. The molecule has 3 rings (SSSR count). The van der Waals surface area contributed by atoms with Gasteiger partial charge in [-0.1, -0.05) is 0 Å². The Bertz CT molecular complexity index is 962. The van der Waals surface area contributed by atoms with Crippen molar-refractivity contribution in [3.8, 4) is 5.75 Å². The third-order valence-electron chi connectivity index (χ3n) is 4.56. The summed E-state index contributed by atoms with van der Waals surface area (Å²) in [4.78, 5) is 10.9. The van der Waals surface area contributed by atoms with E-state index < -0.39 is 15.8 Å². The molecule has 29 heavy (non-hydrogen) atoms. The molecule has 1 fully saturated rings. The van der Waals surface area contributed by atoms with Crippen LogP contribution in [-0.4, -0.2) is 62.0 Å². The Morgan fingerprint density at radius 3 is 2.48 bits per heavy atom. The van der Waals surface area contributed by atoms with Gasteiger partial charge in [-0.2, -0.15) is 9.29 Å². The first-order valence-corrected chi connectivity index (χ1v) is 11.1. The Balaban J connectivity index is 1.72. The molecule has 0 atom stereocenters. The molecule has 1 N–H and O–H groups in total. The van der Waals surface area contributed by atoms with Gasteiger partial charge in [0.15, 0.2) is 11.6 Å². The van der Waals surface area contributed by atoms with Gasteiger partial charge in [0.2, 0.25) is 16.0 Å². The van der Waals surface area contributed by atoms with Crippen molar-refractivity contribution < 1.29 is 17.5 Å². The minimum atomic E-state index is -3.79. The molecule has 1 aromatic heterocycles. The zero-order chi connectivity index (χ0) is 21.0. The lowest BCUT2D eigenvalue weighted by molar-refractivity contribution is 0.321. The first-order chi connectivity index (χ1) is 13.8. The number of sulfonamides is 1. The molecule has 0 unspecified atom stereocenters. The number of piperazine rings is 1. The van der Waals surface area contributed by atoms with Crippen LogP contribution in [0.5, 0.6) is 5.75 Å². The summed E-state index contributed by atoms with van der Waals surface area (Å²) in [6, 6.07) is 5.61. The number of aromatic nitrogens is 2. The lowest BCUT2D eigenvalue weighted by atomic mass is 10.3. The van der Waals surface area contributed by atoms with E-state index in [1.807, 2.05) is 24.8 Å². The number of hydrogen-bond donors (Lipinski definition) is 1. The summed E-state index contributed by atoms with van der Waals surface area (Å²) in [6.07, 6.45) is 0. The minimum absolute atomic E-state index is 0.0457.